The Morgan fingerprint density at radius 2 is 2.21 bits per heavy atom. The molecule has 1 nitrogen and oxygen atoms in total. The first-order valence-electron chi connectivity index (χ1n) is 6.87. The van der Waals surface area contributed by atoms with Gasteiger partial charge in [-0.25, -0.2) is 4.39 Å². The molecule has 0 N–H and O–H groups in total. The van der Waals surface area contributed by atoms with Crippen LogP contribution < -0.4 is 0 Å². The van der Waals surface area contributed by atoms with Gasteiger partial charge in [0.15, 0.2) is 0 Å². The summed E-state index contributed by atoms with van der Waals surface area (Å²) >= 11 is 5.89. The molecular weight excluding hydrogens is 261 g/mol. The fraction of sp³-hybridized carbons (Fsp3) is 0.500. The van der Waals surface area contributed by atoms with Crippen molar-refractivity contribution in [1.82, 2.24) is 4.90 Å². The van der Waals surface area contributed by atoms with Gasteiger partial charge in [-0.05, 0) is 38.3 Å². The van der Waals surface area contributed by atoms with Crippen LogP contribution >= 0.6 is 11.6 Å². The largest absolute Gasteiger partial charge is 0.369 e. The van der Waals surface area contributed by atoms with Gasteiger partial charge in [-0.1, -0.05) is 37.2 Å². The summed E-state index contributed by atoms with van der Waals surface area (Å²) in [5.74, 6) is -0.139. The Bertz CT molecular complexity index is 486. The van der Waals surface area contributed by atoms with Gasteiger partial charge >= 0.3 is 0 Å². The monoisotopic (exact) mass is 281 g/mol. The van der Waals surface area contributed by atoms with Gasteiger partial charge in [0.1, 0.15) is 5.82 Å². The Labute approximate surface area is 120 Å². The van der Waals surface area contributed by atoms with E-state index in [1.54, 1.807) is 6.07 Å². The molecule has 1 aliphatic heterocycles. The summed E-state index contributed by atoms with van der Waals surface area (Å²) in [7, 11) is 0. The van der Waals surface area contributed by atoms with Crippen LogP contribution in [-0.2, 0) is 0 Å². The molecular formula is C16H21ClFN. The first kappa shape index (κ1) is 14.4. The third-order valence-electron chi connectivity index (χ3n) is 4.29. The van der Waals surface area contributed by atoms with Crippen LogP contribution in [-0.4, -0.2) is 17.0 Å². The zero-order chi connectivity index (χ0) is 14.2. The van der Waals surface area contributed by atoms with Crippen LogP contribution in [0.5, 0.6) is 0 Å². The Kier molecular flexibility index (Phi) is 4.19. The number of hydrogen-bond acceptors (Lipinski definition) is 1. The minimum atomic E-state index is -0.278. The number of halogens is 2. The van der Waals surface area contributed by atoms with Crippen LogP contribution in [0.1, 0.15) is 45.1 Å². The Balaban J connectivity index is 2.33. The lowest BCUT2D eigenvalue weighted by Crippen LogP contribution is -2.35. The highest BCUT2D eigenvalue weighted by atomic mass is 35.5. The van der Waals surface area contributed by atoms with Gasteiger partial charge < -0.3 is 4.90 Å². The molecule has 0 saturated carbocycles. The maximum Gasteiger partial charge on any atom is 0.145 e. The number of nitrogens with zero attached hydrogens (tertiary/aromatic N) is 1. The molecule has 19 heavy (non-hydrogen) atoms. The molecule has 0 radical (unpaired) electrons. The molecule has 0 bridgehead atoms. The first-order valence-corrected chi connectivity index (χ1v) is 7.25. The minimum absolute atomic E-state index is 0.139. The lowest BCUT2D eigenvalue weighted by atomic mass is 9.91. The maximum absolute atomic E-state index is 14.2. The van der Waals surface area contributed by atoms with Crippen LogP contribution in [0.2, 0.25) is 5.02 Å². The molecule has 1 heterocycles. The molecule has 2 rings (SSSR count). The average molecular weight is 282 g/mol. The molecule has 104 valence electrons. The standard InChI is InChI=1S/C16H21ClFN/c1-5-10(2)19-11(3)9-14(12(19)4)13-7-6-8-15(17)16(13)18/h6-8,10,12,14H,3,5,9H2,1-2,4H3. The van der Waals surface area contributed by atoms with Crippen molar-refractivity contribution in [2.45, 2.75) is 51.6 Å². The topological polar surface area (TPSA) is 3.24 Å². The predicted molar refractivity (Wildman–Crippen MR) is 79.0 cm³/mol. The highest BCUT2D eigenvalue weighted by molar-refractivity contribution is 6.30. The summed E-state index contributed by atoms with van der Waals surface area (Å²) in [4.78, 5) is 2.32. The van der Waals surface area contributed by atoms with Gasteiger partial charge in [0.05, 0.1) is 5.02 Å². The van der Waals surface area contributed by atoms with Crippen LogP contribution in [0.3, 0.4) is 0 Å². The van der Waals surface area contributed by atoms with E-state index in [-0.39, 0.29) is 22.8 Å². The smallest absolute Gasteiger partial charge is 0.145 e. The molecule has 3 unspecified atom stereocenters. The second kappa shape index (κ2) is 5.54. The van der Waals surface area contributed by atoms with E-state index in [1.807, 2.05) is 12.1 Å². The average Bonchev–Trinajstić information content (AvgIpc) is 2.67. The molecule has 1 aromatic carbocycles. The molecule has 1 aromatic rings. The lowest BCUT2D eigenvalue weighted by Gasteiger charge is -2.32. The minimum Gasteiger partial charge on any atom is -0.369 e. The van der Waals surface area contributed by atoms with Crippen LogP contribution in [0.25, 0.3) is 0 Å². The zero-order valence-electron chi connectivity index (χ0n) is 11.8. The number of allylic oxidation sites excluding steroid dienone is 1. The summed E-state index contributed by atoms with van der Waals surface area (Å²) in [6, 6.07) is 5.96. The van der Waals surface area contributed by atoms with Crippen molar-refractivity contribution in [1.29, 1.82) is 0 Å². The van der Waals surface area contributed by atoms with Crippen LogP contribution in [0, 0.1) is 5.82 Å². The van der Waals surface area contributed by atoms with E-state index < -0.39 is 0 Å². The SMILES string of the molecule is C=C1CC(c2cccc(Cl)c2F)C(C)N1C(C)CC. The van der Waals surface area contributed by atoms with E-state index in [2.05, 4.69) is 32.3 Å². The van der Waals surface area contributed by atoms with Crippen molar-refractivity contribution in [3.63, 3.8) is 0 Å². The summed E-state index contributed by atoms with van der Waals surface area (Å²) in [5.41, 5.74) is 1.82. The third kappa shape index (κ3) is 2.51. The number of hydrogen-bond donors (Lipinski definition) is 0. The summed E-state index contributed by atoms with van der Waals surface area (Å²) in [6.45, 7) is 10.7. The first-order chi connectivity index (χ1) is 8.97. The summed E-state index contributed by atoms with van der Waals surface area (Å²) in [5, 5.41) is 0.206. The van der Waals surface area contributed by atoms with E-state index in [1.165, 1.54) is 0 Å². The molecule has 0 aliphatic carbocycles. The molecule has 0 aromatic heterocycles. The fourth-order valence-corrected chi connectivity index (χ4v) is 3.28. The maximum atomic E-state index is 14.2. The molecule has 1 saturated heterocycles. The van der Waals surface area contributed by atoms with E-state index in [9.17, 15) is 4.39 Å². The van der Waals surface area contributed by atoms with Gasteiger partial charge in [0, 0.05) is 23.7 Å². The number of likely N-dealkylation sites (tertiary alicyclic amines) is 1. The van der Waals surface area contributed by atoms with Crippen molar-refractivity contribution in [2.24, 2.45) is 0 Å². The molecule has 0 amide bonds. The highest BCUT2D eigenvalue weighted by Crippen LogP contribution is 2.42. The van der Waals surface area contributed by atoms with Crippen LogP contribution in [0.15, 0.2) is 30.5 Å². The molecule has 1 aliphatic rings. The summed E-state index contributed by atoms with van der Waals surface area (Å²) in [6.07, 6.45) is 1.87. The quantitative estimate of drug-likeness (QED) is 0.756. The Morgan fingerprint density at radius 1 is 1.53 bits per heavy atom. The Morgan fingerprint density at radius 3 is 2.84 bits per heavy atom. The summed E-state index contributed by atoms with van der Waals surface area (Å²) < 4.78 is 14.2. The van der Waals surface area contributed by atoms with E-state index in [4.69, 9.17) is 11.6 Å². The zero-order valence-corrected chi connectivity index (χ0v) is 12.5. The normalized spacial score (nSPS) is 24.9. The van der Waals surface area contributed by atoms with Crippen molar-refractivity contribution in [3.05, 3.63) is 46.9 Å². The second-order valence-electron chi connectivity index (χ2n) is 5.43. The van der Waals surface area contributed by atoms with Crippen molar-refractivity contribution in [3.8, 4) is 0 Å². The number of benzene rings is 1. The fourth-order valence-electron chi connectivity index (χ4n) is 3.10. The van der Waals surface area contributed by atoms with Crippen molar-refractivity contribution in [2.75, 3.05) is 0 Å². The van der Waals surface area contributed by atoms with Crippen molar-refractivity contribution < 1.29 is 4.39 Å². The molecule has 3 heteroatoms. The lowest BCUT2D eigenvalue weighted by molar-refractivity contribution is 0.226. The highest BCUT2D eigenvalue weighted by Gasteiger charge is 2.37. The number of rotatable bonds is 3. The van der Waals surface area contributed by atoms with Gasteiger partial charge in [-0.3, -0.25) is 0 Å². The molecule has 1 fully saturated rings. The second-order valence-corrected chi connectivity index (χ2v) is 5.83. The predicted octanol–water partition coefficient (Wildman–Crippen LogP) is 4.97. The van der Waals surface area contributed by atoms with Gasteiger partial charge in [0.25, 0.3) is 0 Å². The third-order valence-corrected chi connectivity index (χ3v) is 4.58. The van der Waals surface area contributed by atoms with Gasteiger partial charge in [-0.2, -0.15) is 0 Å². The molecule has 0 spiro atoms. The van der Waals surface area contributed by atoms with Crippen LogP contribution in [0.4, 0.5) is 4.39 Å². The van der Waals surface area contributed by atoms with Crippen molar-refractivity contribution >= 4 is 11.6 Å². The van der Waals surface area contributed by atoms with E-state index in [0.717, 1.165) is 18.5 Å². The van der Waals surface area contributed by atoms with E-state index >= 15 is 0 Å². The van der Waals surface area contributed by atoms with Gasteiger partial charge in [-0.15, -0.1) is 0 Å². The molecule has 3 atom stereocenters. The van der Waals surface area contributed by atoms with Gasteiger partial charge in [0.2, 0.25) is 0 Å². The van der Waals surface area contributed by atoms with E-state index in [0.29, 0.717) is 11.6 Å². The Hall–Kier alpha value is -1.02.